The fourth-order valence-corrected chi connectivity index (χ4v) is 4.66. The van der Waals surface area contributed by atoms with Crippen molar-refractivity contribution in [2.24, 2.45) is 0 Å². The van der Waals surface area contributed by atoms with Crippen LogP contribution in [0.5, 0.6) is 0 Å². The standard InChI is InChI=1S/C27H32FN5/c1-7-9-22-16-32(14-15-33(22)20(5)19(4)28)27-24-12-13-25(31-26(24)29-21(6)30-27)23-11-8-10-17(2)18(23)3/h8,10-13,22H,4-5,7,9,14-16H2,1-3,6H3. The molecule has 1 saturated heterocycles. The van der Waals surface area contributed by atoms with E-state index in [9.17, 15) is 4.39 Å². The molecule has 5 nitrogen and oxygen atoms in total. The second-order valence-electron chi connectivity index (χ2n) is 8.84. The van der Waals surface area contributed by atoms with Crippen molar-refractivity contribution in [3.05, 3.63) is 72.0 Å². The van der Waals surface area contributed by atoms with Crippen LogP contribution in [0.3, 0.4) is 0 Å². The van der Waals surface area contributed by atoms with E-state index >= 15 is 0 Å². The topological polar surface area (TPSA) is 45.2 Å². The van der Waals surface area contributed by atoms with E-state index in [1.54, 1.807) is 0 Å². The molecule has 0 N–H and O–H groups in total. The average Bonchev–Trinajstić information content (AvgIpc) is 2.79. The average molecular weight is 446 g/mol. The lowest BCUT2D eigenvalue weighted by molar-refractivity contribution is 0.213. The largest absolute Gasteiger partial charge is 0.363 e. The molecule has 33 heavy (non-hydrogen) atoms. The Labute approximate surface area is 195 Å². The van der Waals surface area contributed by atoms with Crippen molar-refractivity contribution in [2.75, 3.05) is 24.5 Å². The highest BCUT2D eigenvalue weighted by molar-refractivity contribution is 5.89. The molecule has 4 rings (SSSR count). The van der Waals surface area contributed by atoms with E-state index in [0.29, 0.717) is 23.7 Å². The maximum atomic E-state index is 13.8. The summed E-state index contributed by atoms with van der Waals surface area (Å²) in [6.07, 6.45) is 1.95. The molecule has 3 heterocycles. The first-order valence-electron chi connectivity index (χ1n) is 11.6. The quantitative estimate of drug-likeness (QED) is 0.442. The van der Waals surface area contributed by atoms with Gasteiger partial charge in [-0.2, -0.15) is 0 Å². The van der Waals surface area contributed by atoms with Gasteiger partial charge >= 0.3 is 0 Å². The number of hydrogen-bond donors (Lipinski definition) is 0. The van der Waals surface area contributed by atoms with Gasteiger partial charge in [-0.3, -0.25) is 0 Å². The van der Waals surface area contributed by atoms with Crippen molar-refractivity contribution in [1.29, 1.82) is 0 Å². The molecule has 1 fully saturated rings. The van der Waals surface area contributed by atoms with Crippen LogP contribution in [0.1, 0.15) is 36.7 Å². The predicted octanol–water partition coefficient (Wildman–Crippen LogP) is 5.90. The molecule has 0 bridgehead atoms. The third-order valence-electron chi connectivity index (χ3n) is 6.60. The molecule has 0 aliphatic carbocycles. The lowest BCUT2D eigenvalue weighted by atomic mass is 10.0. The molecule has 6 heteroatoms. The molecule has 0 radical (unpaired) electrons. The number of anilines is 1. The Morgan fingerprint density at radius 3 is 2.58 bits per heavy atom. The van der Waals surface area contributed by atoms with Gasteiger partial charge in [0.2, 0.25) is 0 Å². The summed E-state index contributed by atoms with van der Waals surface area (Å²) < 4.78 is 13.8. The number of piperazine rings is 1. The molecule has 0 amide bonds. The van der Waals surface area contributed by atoms with Crippen molar-refractivity contribution in [3.63, 3.8) is 0 Å². The van der Waals surface area contributed by atoms with E-state index in [4.69, 9.17) is 9.97 Å². The van der Waals surface area contributed by atoms with Crippen LogP contribution in [0.2, 0.25) is 0 Å². The van der Waals surface area contributed by atoms with E-state index in [1.807, 2.05) is 6.92 Å². The lowest BCUT2D eigenvalue weighted by Gasteiger charge is -2.44. The predicted molar refractivity (Wildman–Crippen MR) is 134 cm³/mol. The van der Waals surface area contributed by atoms with Crippen LogP contribution < -0.4 is 4.90 Å². The number of aromatic nitrogens is 3. The maximum absolute atomic E-state index is 13.8. The molecule has 0 spiro atoms. The van der Waals surface area contributed by atoms with E-state index in [1.165, 1.54) is 11.1 Å². The molecule has 3 aromatic rings. The summed E-state index contributed by atoms with van der Waals surface area (Å²) in [5.41, 5.74) is 5.59. The number of allylic oxidation sites excluding steroid dienone is 1. The molecule has 0 saturated carbocycles. The van der Waals surface area contributed by atoms with Gasteiger partial charge < -0.3 is 9.80 Å². The van der Waals surface area contributed by atoms with Crippen LogP contribution in [0, 0.1) is 20.8 Å². The molecule has 1 unspecified atom stereocenters. The Morgan fingerprint density at radius 1 is 1.06 bits per heavy atom. The molecule has 1 atom stereocenters. The van der Waals surface area contributed by atoms with Gasteiger partial charge in [0.05, 0.1) is 16.8 Å². The van der Waals surface area contributed by atoms with Crippen LogP contribution in [0.4, 0.5) is 10.2 Å². The van der Waals surface area contributed by atoms with Gasteiger partial charge in [0.15, 0.2) is 5.65 Å². The number of halogens is 1. The number of aryl methyl sites for hydroxylation is 2. The normalized spacial score (nSPS) is 16.3. The zero-order valence-corrected chi connectivity index (χ0v) is 20.0. The molecular formula is C27H32FN5. The van der Waals surface area contributed by atoms with E-state index in [-0.39, 0.29) is 6.04 Å². The Hall–Kier alpha value is -3.28. The van der Waals surface area contributed by atoms with Gasteiger partial charge in [0.25, 0.3) is 0 Å². The van der Waals surface area contributed by atoms with Crippen molar-refractivity contribution in [2.45, 2.75) is 46.6 Å². The van der Waals surface area contributed by atoms with Crippen LogP contribution in [0.25, 0.3) is 22.3 Å². The summed E-state index contributed by atoms with van der Waals surface area (Å²) >= 11 is 0. The van der Waals surface area contributed by atoms with Gasteiger partial charge in [-0.25, -0.2) is 19.3 Å². The van der Waals surface area contributed by atoms with Gasteiger partial charge in [-0.15, -0.1) is 0 Å². The second-order valence-corrected chi connectivity index (χ2v) is 8.84. The number of pyridine rings is 1. The first-order chi connectivity index (χ1) is 15.8. The highest BCUT2D eigenvalue weighted by atomic mass is 19.1. The van der Waals surface area contributed by atoms with Crippen molar-refractivity contribution in [1.82, 2.24) is 19.9 Å². The summed E-state index contributed by atoms with van der Waals surface area (Å²) in [6, 6.07) is 10.6. The number of nitrogens with zero attached hydrogens (tertiary/aromatic N) is 5. The van der Waals surface area contributed by atoms with Crippen LogP contribution in [-0.2, 0) is 0 Å². The smallest absolute Gasteiger partial charge is 0.165 e. The Bertz CT molecular complexity index is 1220. The SMILES string of the molecule is C=C(F)C(=C)N1CCN(c2nc(C)nc3nc(-c4cccc(C)c4C)ccc23)CC1CCC. The second kappa shape index (κ2) is 9.30. The maximum Gasteiger partial charge on any atom is 0.165 e. The fraction of sp³-hybridized carbons (Fsp3) is 0.370. The Kier molecular flexibility index (Phi) is 6.45. The summed E-state index contributed by atoms with van der Waals surface area (Å²) in [5.74, 6) is 1.12. The van der Waals surface area contributed by atoms with Gasteiger partial charge in [0.1, 0.15) is 17.5 Å². The van der Waals surface area contributed by atoms with Gasteiger partial charge in [-0.05, 0) is 50.5 Å². The molecular weight excluding hydrogens is 413 g/mol. The third-order valence-corrected chi connectivity index (χ3v) is 6.60. The van der Waals surface area contributed by atoms with Gasteiger partial charge in [0, 0.05) is 31.2 Å². The molecule has 2 aromatic heterocycles. The van der Waals surface area contributed by atoms with Crippen molar-refractivity contribution >= 4 is 16.9 Å². The highest BCUT2D eigenvalue weighted by Gasteiger charge is 2.30. The van der Waals surface area contributed by atoms with Gasteiger partial charge in [-0.1, -0.05) is 44.7 Å². The van der Waals surface area contributed by atoms with Crippen molar-refractivity contribution in [3.8, 4) is 11.3 Å². The van der Waals surface area contributed by atoms with E-state index in [0.717, 1.165) is 48.4 Å². The van der Waals surface area contributed by atoms with Crippen LogP contribution in [0.15, 0.2) is 55.0 Å². The first-order valence-corrected chi connectivity index (χ1v) is 11.6. The van der Waals surface area contributed by atoms with Crippen LogP contribution in [-0.4, -0.2) is 45.5 Å². The zero-order chi connectivity index (χ0) is 23.7. The molecule has 1 aromatic carbocycles. The molecule has 172 valence electrons. The zero-order valence-electron chi connectivity index (χ0n) is 20.0. The summed E-state index contributed by atoms with van der Waals surface area (Å²) in [4.78, 5) is 18.7. The number of benzene rings is 1. The summed E-state index contributed by atoms with van der Waals surface area (Å²) in [6.45, 7) is 17.8. The minimum atomic E-state index is -0.462. The third kappa shape index (κ3) is 4.47. The highest BCUT2D eigenvalue weighted by Crippen LogP contribution is 2.31. The minimum Gasteiger partial charge on any atom is -0.363 e. The number of rotatable bonds is 6. The summed E-state index contributed by atoms with van der Waals surface area (Å²) in [5, 5.41) is 0.937. The summed E-state index contributed by atoms with van der Waals surface area (Å²) in [7, 11) is 0. The molecule has 1 aliphatic heterocycles. The van der Waals surface area contributed by atoms with E-state index in [2.05, 4.69) is 79.0 Å². The fourth-order valence-electron chi connectivity index (χ4n) is 4.66. The van der Waals surface area contributed by atoms with E-state index < -0.39 is 5.83 Å². The monoisotopic (exact) mass is 445 g/mol. The first kappa shape index (κ1) is 22.9. The van der Waals surface area contributed by atoms with Crippen LogP contribution >= 0.6 is 0 Å². The Morgan fingerprint density at radius 2 is 1.85 bits per heavy atom. The molecule has 1 aliphatic rings. The Balaban J connectivity index is 1.71. The number of fused-ring (bicyclic) bond motifs is 1. The number of hydrogen-bond acceptors (Lipinski definition) is 5. The minimum absolute atomic E-state index is 0.149. The van der Waals surface area contributed by atoms with Crippen molar-refractivity contribution < 1.29 is 4.39 Å². The lowest BCUT2D eigenvalue weighted by Crippen LogP contribution is -2.52.